The number of fused-ring (bicyclic) bond motifs is 1. The monoisotopic (exact) mass is 448 g/mol. The van der Waals surface area contributed by atoms with Crippen molar-refractivity contribution in [2.24, 2.45) is 5.92 Å². The minimum atomic E-state index is -3.58. The van der Waals surface area contributed by atoms with Gasteiger partial charge in [-0.15, -0.1) is 0 Å². The highest BCUT2D eigenvalue weighted by Crippen LogP contribution is 2.40. The normalized spacial score (nSPS) is 27.6. The second kappa shape index (κ2) is 7.57. The first-order valence-corrected chi connectivity index (χ1v) is 11.9. The Balaban J connectivity index is 1.56. The number of carbonyl (C=O) groups excluding carboxylic acids is 2. The number of rotatable bonds is 5. The molecule has 0 aromatic heterocycles. The van der Waals surface area contributed by atoms with Gasteiger partial charge < -0.3 is 4.90 Å². The van der Waals surface area contributed by atoms with Crippen molar-refractivity contribution in [3.05, 3.63) is 35.1 Å². The fourth-order valence-electron chi connectivity index (χ4n) is 4.56. The zero-order chi connectivity index (χ0) is 22.6. The molecule has 10 heteroatoms. The van der Waals surface area contributed by atoms with Gasteiger partial charge in [0, 0.05) is 25.2 Å². The van der Waals surface area contributed by atoms with Crippen molar-refractivity contribution in [3.8, 4) is 6.07 Å². The zero-order valence-electron chi connectivity index (χ0n) is 17.5. The van der Waals surface area contributed by atoms with Crippen molar-refractivity contribution < 1.29 is 22.4 Å². The summed E-state index contributed by atoms with van der Waals surface area (Å²) in [4.78, 5) is 28.2. The third kappa shape index (κ3) is 4.04. The number of nitriles is 1. The molecule has 2 aliphatic carbocycles. The minimum absolute atomic E-state index is 0.0774. The summed E-state index contributed by atoms with van der Waals surface area (Å²) in [6.07, 6.45) is 2.46. The highest BCUT2D eigenvalue weighted by Gasteiger charge is 2.51. The van der Waals surface area contributed by atoms with Crippen LogP contribution in [0.2, 0.25) is 0 Å². The molecular formula is C21H25FN4O4S. The Hall–Kier alpha value is -2.51. The van der Waals surface area contributed by atoms with Gasteiger partial charge in [-0.3, -0.25) is 9.69 Å². The van der Waals surface area contributed by atoms with Crippen molar-refractivity contribution in [2.45, 2.75) is 62.4 Å². The number of nitrogens with zero attached hydrogens (tertiary/aromatic N) is 3. The third-order valence-corrected chi connectivity index (χ3v) is 8.76. The number of sulfonamides is 1. The van der Waals surface area contributed by atoms with Gasteiger partial charge in [-0.25, -0.2) is 22.3 Å². The average Bonchev–Trinajstić information content (AvgIpc) is 3.45. The molecule has 3 atom stereocenters. The van der Waals surface area contributed by atoms with Crippen LogP contribution in [0.5, 0.6) is 0 Å². The molecule has 3 fully saturated rings. The van der Waals surface area contributed by atoms with Crippen LogP contribution >= 0.6 is 0 Å². The summed E-state index contributed by atoms with van der Waals surface area (Å²) in [5.41, 5.74) is 0.0379. The van der Waals surface area contributed by atoms with Gasteiger partial charge >= 0.3 is 6.03 Å². The Morgan fingerprint density at radius 3 is 2.61 bits per heavy atom. The molecule has 1 heterocycles. The predicted molar refractivity (Wildman–Crippen MR) is 109 cm³/mol. The van der Waals surface area contributed by atoms with Gasteiger partial charge in [0.25, 0.3) is 0 Å². The van der Waals surface area contributed by atoms with E-state index in [0.717, 1.165) is 17.7 Å². The predicted octanol–water partition coefficient (Wildman–Crippen LogP) is 2.10. The number of urea groups is 1. The van der Waals surface area contributed by atoms with Crippen LogP contribution in [0.4, 0.5) is 9.18 Å². The van der Waals surface area contributed by atoms with Crippen LogP contribution in [0.3, 0.4) is 0 Å². The second-order valence-electron chi connectivity index (χ2n) is 9.05. The molecular weight excluding hydrogens is 423 g/mol. The Labute approximate surface area is 181 Å². The Morgan fingerprint density at radius 1 is 1.29 bits per heavy atom. The number of hydrogen-bond acceptors (Lipinski definition) is 5. The SMILES string of the molecule is CN1C(=O)C2CC(S(=O)(=O)NC3(C)CC3)CCC2N(Cc2ccc(C#N)c(F)c2)C1=O. The number of nitrogens with one attached hydrogen (secondary N) is 1. The number of hydrogen-bond donors (Lipinski definition) is 1. The topological polar surface area (TPSA) is 111 Å². The molecule has 166 valence electrons. The summed E-state index contributed by atoms with van der Waals surface area (Å²) in [5.74, 6) is -1.68. The lowest BCUT2D eigenvalue weighted by Gasteiger charge is -2.47. The first-order valence-electron chi connectivity index (χ1n) is 10.3. The Kier molecular flexibility index (Phi) is 5.30. The highest BCUT2D eigenvalue weighted by molar-refractivity contribution is 7.90. The fraction of sp³-hybridized carbons (Fsp3) is 0.571. The van der Waals surface area contributed by atoms with E-state index in [4.69, 9.17) is 5.26 Å². The maximum Gasteiger partial charge on any atom is 0.327 e. The van der Waals surface area contributed by atoms with E-state index in [9.17, 15) is 22.4 Å². The number of benzene rings is 1. The summed E-state index contributed by atoms with van der Waals surface area (Å²) in [5, 5.41) is 8.21. The lowest BCUT2D eigenvalue weighted by molar-refractivity contribution is -0.139. The van der Waals surface area contributed by atoms with E-state index in [1.807, 2.05) is 6.92 Å². The smallest absolute Gasteiger partial charge is 0.316 e. The quantitative estimate of drug-likeness (QED) is 0.742. The van der Waals surface area contributed by atoms with Crippen LogP contribution in [0.1, 0.15) is 50.2 Å². The molecule has 1 saturated heterocycles. The van der Waals surface area contributed by atoms with Crippen molar-refractivity contribution in [1.29, 1.82) is 5.26 Å². The van der Waals surface area contributed by atoms with E-state index in [2.05, 4.69) is 4.72 Å². The van der Waals surface area contributed by atoms with Crippen LogP contribution < -0.4 is 4.72 Å². The van der Waals surface area contributed by atoms with Gasteiger partial charge in [0.05, 0.1) is 16.7 Å². The van der Waals surface area contributed by atoms with Crippen LogP contribution in [-0.2, 0) is 21.4 Å². The van der Waals surface area contributed by atoms with E-state index < -0.39 is 39.1 Å². The first kappa shape index (κ1) is 21.7. The lowest BCUT2D eigenvalue weighted by Crippen LogP contribution is -2.62. The van der Waals surface area contributed by atoms with E-state index in [0.29, 0.717) is 18.4 Å². The zero-order valence-corrected chi connectivity index (χ0v) is 18.3. The highest BCUT2D eigenvalue weighted by atomic mass is 32.2. The standard InChI is InChI=1S/C21H25FN4O4S/c1-21(7-8-21)24-31(29,30)15-5-6-18-16(10-15)19(27)25(2)20(28)26(18)12-13-3-4-14(11-23)17(22)9-13/h3-4,9,15-16,18,24H,5-8,10,12H2,1-2H3. The van der Waals surface area contributed by atoms with Crippen molar-refractivity contribution in [2.75, 3.05) is 7.05 Å². The van der Waals surface area contributed by atoms with E-state index in [-0.39, 0.29) is 30.0 Å². The molecule has 1 N–H and O–H groups in total. The first-order chi connectivity index (χ1) is 14.5. The van der Waals surface area contributed by atoms with Crippen LogP contribution in [0, 0.1) is 23.1 Å². The molecule has 3 amide bonds. The van der Waals surface area contributed by atoms with Gasteiger partial charge in [0.15, 0.2) is 0 Å². The largest absolute Gasteiger partial charge is 0.327 e. The van der Waals surface area contributed by atoms with Gasteiger partial charge in [-0.2, -0.15) is 5.26 Å². The molecule has 0 radical (unpaired) electrons. The van der Waals surface area contributed by atoms with Crippen LogP contribution in [0.25, 0.3) is 0 Å². The third-order valence-electron chi connectivity index (χ3n) is 6.68. The Morgan fingerprint density at radius 2 is 2.00 bits per heavy atom. The second-order valence-corrected chi connectivity index (χ2v) is 11.0. The Bertz CT molecular complexity index is 1080. The summed E-state index contributed by atoms with van der Waals surface area (Å²) in [7, 11) is -2.19. The summed E-state index contributed by atoms with van der Waals surface area (Å²) in [6.45, 7) is 1.95. The average molecular weight is 449 g/mol. The summed E-state index contributed by atoms with van der Waals surface area (Å²) >= 11 is 0. The lowest BCUT2D eigenvalue weighted by atomic mass is 9.80. The molecule has 3 unspecified atom stereocenters. The van der Waals surface area contributed by atoms with Gasteiger partial charge in [-0.05, 0) is 56.7 Å². The maximum atomic E-state index is 14.0. The van der Waals surface area contributed by atoms with Gasteiger partial charge in [0.1, 0.15) is 11.9 Å². The molecule has 4 rings (SSSR count). The van der Waals surface area contributed by atoms with Crippen LogP contribution in [0.15, 0.2) is 18.2 Å². The molecule has 1 aromatic carbocycles. The summed E-state index contributed by atoms with van der Waals surface area (Å²) in [6, 6.07) is 4.99. The van der Waals surface area contributed by atoms with Gasteiger partial charge in [0.2, 0.25) is 15.9 Å². The molecule has 1 aromatic rings. The van der Waals surface area contributed by atoms with Crippen LogP contribution in [-0.4, -0.2) is 54.0 Å². The number of imide groups is 1. The van der Waals surface area contributed by atoms with Crippen molar-refractivity contribution >= 4 is 22.0 Å². The number of amides is 3. The molecule has 31 heavy (non-hydrogen) atoms. The van der Waals surface area contributed by atoms with Gasteiger partial charge in [-0.1, -0.05) is 6.07 Å². The maximum absolute atomic E-state index is 14.0. The minimum Gasteiger partial charge on any atom is -0.316 e. The van der Waals surface area contributed by atoms with Crippen molar-refractivity contribution in [1.82, 2.24) is 14.5 Å². The molecule has 8 nitrogen and oxygen atoms in total. The van der Waals surface area contributed by atoms with Crippen molar-refractivity contribution in [3.63, 3.8) is 0 Å². The molecule has 3 aliphatic rings. The number of carbonyl (C=O) groups is 2. The fourth-order valence-corrected chi connectivity index (χ4v) is 6.52. The number of halogens is 1. The molecule has 2 saturated carbocycles. The van der Waals surface area contributed by atoms with E-state index in [1.165, 1.54) is 24.1 Å². The molecule has 0 bridgehead atoms. The van der Waals surface area contributed by atoms with E-state index >= 15 is 0 Å². The van der Waals surface area contributed by atoms with E-state index in [1.54, 1.807) is 12.1 Å². The molecule has 1 aliphatic heterocycles. The molecule has 0 spiro atoms. The summed E-state index contributed by atoms with van der Waals surface area (Å²) < 4.78 is 42.5.